The largest absolute Gasteiger partial charge is 0.378 e. The number of nitrogens with zero attached hydrogens (tertiary/aromatic N) is 1. The maximum atomic E-state index is 12.8. The Balaban J connectivity index is 1.68. The van der Waals surface area contributed by atoms with Gasteiger partial charge in [-0.25, -0.2) is 13.8 Å². The second-order valence-electron chi connectivity index (χ2n) is 9.39. The molecule has 0 fully saturated rings. The SMILES string of the molecule is Cc1ccc(S(=O)(=O)N[C@H](CC(C)C)C(=O)N/N=C\c2ccc(OS(=O)(=O)c3ccc(C)cc3)c(Br)c2)cc1. The van der Waals surface area contributed by atoms with Gasteiger partial charge in [0.05, 0.1) is 15.6 Å². The summed E-state index contributed by atoms with van der Waals surface area (Å²) in [7, 11) is -7.95. The average Bonchev–Trinajstić information content (AvgIpc) is 2.85. The first-order valence-electron chi connectivity index (χ1n) is 12.0. The van der Waals surface area contributed by atoms with Crippen molar-refractivity contribution in [3.8, 4) is 5.75 Å². The molecule has 0 saturated heterocycles. The van der Waals surface area contributed by atoms with Gasteiger partial charge in [0.15, 0.2) is 5.75 Å². The number of aryl methyl sites for hydroxylation is 2. The molecule has 39 heavy (non-hydrogen) atoms. The molecule has 12 heteroatoms. The fourth-order valence-corrected chi connectivity index (χ4v) is 6.18. The van der Waals surface area contributed by atoms with E-state index in [4.69, 9.17) is 4.18 Å². The predicted molar refractivity (Wildman–Crippen MR) is 154 cm³/mol. The van der Waals surface area contributed by atoms with E-state index in [0.717, 1.165) is 11.1 Å². The highest BCUT2D eigenvalue weighted by atomic mass is 79.9. The van der Waals surface area contributed by atoms with Gasteiger partial charge >= 0.3 is 10.1 Å². The van der Waals surface area contributed by atoms with Gasteiger partial charge in [-0.2, -0.15) is 18.2 Å². The molecule has 3 rings (SSSR count). The lowest BCUT2D eigenvalue weighted by Gasteiger charge is -2.19. The monoisotopic (exact) mass is 635 g/mol. The smallest absolute Gasteiger partial charge is 0.339 e. The summed E-state index contributed by atoms with van der Waals surface area (Å²) < 4.78 is 58.9. The molecule has 3 aromatic carbocycles. The molecule has 0 saturated carbocycles. The van der Waals surface area contributed by atoms with Crippen molar-refractivity contribution >= 4 is 48.2 Å². The van der Waals surface area contributed by atoms with Crippen molar-refractivity contribution < 1.29 is 25.8 Å². The van der Waals surface area contributed by atoms with Crippen LogP contribution < -0.4 is 14.3 Å². The molecule has 9 nitrogen and oxygen atoms in total. The van der Waals surface area contributed by atoms with Gasteiger partial charge in [0.2, 0.25) is 10.0 Å². The summed E-state index contributed by atoms with van der Waals surface area (Å²) in [6.45, 7) is 7.46. The molecule has 0 radical (unpaired) electrons. The summed E-state index contributed by atoms with van der Waals surface area (Å²) >= 11 is 3.30. The Morgan fingerprint density at radius 2 is 1.49 bits per heavy atom. The highest BCUT2D eigenvalue weighted by Crippen LogP contribution is 2.28. The van der Waals surface area contributed by atoms with Crippen molar-refractivity contribution in [2.75, 3.05) is 0 Å². The van der Waals surface area contributed by atoms with Crippen molar-refractivity contribution in [1.82, 2.24) is 10.1 Å². The van der Waals surface area contributed by atoms with E-state index in [-0.39, 0.29) is 27.9 Å². The van der Waals surface area contributed by atoms with Crippen LogP contribution in [0.15, 0.2) is 86.1 Å². The third kappa shape index (κ3) is 8.72. The molecule has 208 valence electrons. The van der Waals surface area contributed by atoms with Crippen molar-refractivity contribution in [2.24, 2.45) is 11.0 Å². The molecule has 0 aliphatic carbocycles. The summed E-state index contributed by atoms with van der Waals surface area (Å²) in [4.78, 5) is 12.9. The number of hydrogen-bond donors (Lipinski definition) is 2. The summed E-state index contributed by atoms with van der Waals surface area (Å²) in [5, 5.41) is 3.95. The van der Waals surface area contributed by atoms with Gasteiger partial charge in [-0.1, -0.05) is 49.2 Å². The lowest BCUT2D eigenvalue weighted by molar-refractivity contribution is -0.123. The molecule has 0 aliphatic heterocycles. The van der Waals surface area contributed by atoms with Gasteiger partial charge in [-0.3, -0.25) is 4.79 Å². The Bertz CT molecular complexity index is 1550. The minimum absolute atomic E-state index is 0.0299. The van der Waals surface area contributed by atoms with Crippen molar-refractivity contribution in [2.45, 2.75) is 49.9 Å². The van der Waals surface area contributed by atoms with Crippen LogP contribution in [0.25, 0.3) is 0 Å². The number of hydrogen-bond acceptors (Lipinski definition) is 7. The fourth-order valence-electron chi connectivity index (χ4n) is 3.44. The topological polar surface area (TPSA) is 131 Å². The molecule has 0 spiro atoms. The third-order valence-corrected chi connectivity index (χ3v) is 8.86. The van der Waals surface area contributed by atoms with Gasteiger partial charge in [-0.15, -0.1) is 0 Å². The highest BCUT2D eigenvalue weighted by molar-refractivity contribution is 9.10. The molecule has 2 N–H and O–H groups in total. The second-order valence-corrected chi connectivity index (χ2v) is 13.5. The molecule has 0 unspecified atom stereocenters. The van der Waals surface area contributed by atoms with Crippen LogP contribution in [-0.4, -0.2) is 35.0 Å². The van der Waals surface area contributed by atoms with Crippen LogP contribution in [0.1, 0.15) is 37.0 Å². The minimum Gasteiger partial charge on any atom is -0.378 e. The Kier molecular flexibility index (Phi) is 10.1. The third-order valence-electron chi connectivity index (χ3n) is 5.51. The first kappa shape index (κ1) is 30.5. The Labute approximate surface area is 238 Å². The van der Waals surface area contributed by atoms with Gasteiger partial charge in [0.25, 0.3) is 5.91 Å². The zero-order valence-corrected chi connectivity index (χ0v) is 25.1. The van der Waals surface area contributed by atoms with Crippen LogP contribution >= 0.6 is 15.9 Å². The lowest BCUT2D eigenvalue weighted by atomic mass is 10.0. The van der Waals surface area contributed by atoms with E-state index in [1.165, 1.54) is 36.5 Å². The number of sulfonamides is 1. The zero-order chi connectivity index (χ0) is 28.8. The predicted octanol–water partition coefficient (Wildman–Crippen LogP) is 4.68. The molecule has 0 heterocycles. The first-order valence-corrected chi connectivity index (χ1v) is 15.7. The van der Waals surface area contributed by atoms with Crippen LogP contribution in [0.3, 0.4) is 0 Å². The Morgan fingerprint density at radius 1 is 0.923 bits per heavy atom. The Hall–Kier alpha value is -3.06. The highest BCUT2D eigenvalue weighted by Gasteiger charge is 2.26. The number of rotatable bonds is 11. The maximum absolute atomic E-state index is 12.8. The molecule has 0 bridgehead atoms. The van der Waals surface area contributed by atoms with E-state index < -0.39 is 32.1 Å². The fraction of sp³-hybridized carbons (Fsp3) is 0.259. The number of benzene rings is 3. The number of nitrogens with one attached hydrogen (secondary N) is 2. The van der Waals surface area contributed by atoms with Crippen LogP contribution in [-0.2, 0) is 24.9 Å². The molecule has 1 atom stereocenters. The van der Waals surface area contributed by atoms with Crippen LogP contribution in [0.5, 0.6) is 5.75 Å². The zero-order valence-electron chi connectivity index (χ0n) is 21.9. The summed E-state index contributed by atoms with van der Waals surface area (Å²) in [5.41, 5.74) is 4.75. The molecular weight excluding hydrogens is 606 g/mol. The minimum atomic E-state index is -4.03. The van der Waals surface area contributed by atoms with E-state index in [1.807, 2.05) is 27.7 Å². The quantitative estimate of drug-likeness (QED) is 0.179. The summed E-state index contributed by atoms with van der Waals surface area (Å²) in [6.07, 6.45) is 1.61. The van der Waals surface area contributed by atoms with Crippen LogP contribution in [0, 0.1) is 19.8 Å². The lowest BCUT2D eigenvalue weighted by Crippen LogP contribution is -2.46. The normalized spacial score (nSPS) is 13.0. The number of halogens is 1. The van der Waals surface area contributed by atoms with Crippen molar-refractivity contribution in [3.63, 3.8) is 0 Å². The van der Waals surface area contributed by atoms with E-state index in [2.05, 4.69) is 31.2 Å². The first-order chi connectivity index (χ1) is 18.3. The van der Waals surface area contributed by atoms with Gasteiger partial charge in [0, 0.05) is 0 Å². The van der Waals surface area contributed by atoms with E-state index in [1.54, 1.807) is 36.4 Å². The molecule has 0 aliphatic rings. The van der Waals surface area contributed by atoms with E-state index in [0.29, 0.717) is 10.0 Å². The van der Waals surface area contributed by atoms with Crippen LogP contribution in [0.2, 0.25) is 0 Å². The number of amides is 1. The molecule has 3 aromatic rings. The number of carbonyl (C=O) groups is 1. The van der Waals surface area contributed by atoms with Gasteiger partial charge in [-0.05, 0) is 90.1 Å². The molecular formula is C27H30BrN3O6S2. The standard InChI is InChI=1S/C27H30BrN3O6S2/c1-18(2)15-25(31-38(33,34)22-10-5-19(3)6-11-22)27(32)30-29-17-21-9-14-26(24(28)16-21)37-39(35,36)23-12-7-20(4)8-13-23/h5-14,16-18,25,31H,15H2,1-4H3,(H,30,32)/b29-17-/t25-/m1/s1. The molecule has 0 aromatic heterocycles. The number of carbonyl (C=O) groups excluding carboxylic acids is 1. The summed E-state index contributed by atoms with van der Waals surface area (Å²) in [5.74, 6) is -0.497. The van der Waals surface area contributed by atoms with Crippen molar-refractivity contribution in [3.05, 3.63) is 87.9 Å². The van der Waals surface area contributed by atoms with Gasteiger partial charge < -0.3 is 4.18 Å². The van der Waals surface area contributed by atoms with Gasteiger partial charge in [0.1, 0.15) is 10.9 Å². The molecule has 1 amide bonds. The van der Waals surface area contributed by atoms with Crippen molar-refractivity contribution in [1.29, 1.82) is 0 Å². The second kappa shape index (κ2) is 12.9. The summed E-state index contributed by atoms with van der Waals surface area (Å²) in [6, 6.07) is 16.2. The Morgan fingerprint density at radius 3 is 2.03 bits per heavy atom. The average molecular weight is 637 g/mol. The van der Waals surface area contributed by atoms with E-state index >= 15 is 0 Å². The van der Waals surface area contributed by atoms with Crippen LogP contribution in [0.4, 0.5) is 0 Å². The van der Waals surface area contributed by atoms with E-state index in [9.17, 15) is 21.6 Å². The maximum Gasteiger partial charge on any atom is 0.339 e. The number of hydrazone groups is 1.